The number of rotatable bonds is 2. The summed E-state index contributed by atoms with van der Waals surface area (Å²) >= 11 is 2.98. The fraction of sp³-hybridized carbons (Fsp3) is 0.286. The van der Waals surface area contributed by atoms with Crippen LogP contribution < -0.4 is 4.84 Å². The van der Waals surface area contributed by atoms with E-state index in [4.69, 9.17) is 10.2 Å². The topological polar surface area (TPSA) is 71.7 Å². The Morgan fingerprint density at radius 1 is 1.54 bits per heavy atom. The first-order chi connectivity index (χ1) is 6.02. The number of alkyl halides is 1. The van der Waals surface area contributed by atoms with Gasteiger partial charge in [0.05, 0.1) is 0 Å². The Kier molecular flexibility index (Phi) is 2.82. The van der Waals surface area contributed by atoms with E-state index in [0.29, 0.717) is 4.73 Å². The number of hydrogen-bond donors (Lipinski definition) is 2. The molecule has 1 unspecified atom stereocenters. The van der Waals surface area contributed by atoms with Crippen molar-refractivity contribution in [1.82, 2.24) is 4.73 Å². The zero-order valence-corrected chi connectivity index (χ0v) is 8.35. The Hall–Kier alpha value is -1.17. The molecule has 13 heavy (non-hydrogen) atoms. The van der Waals surface area contributed by atoms with Gasteiger partial charge in [-0.3, -0.25) is 0 Å². The van der Waals surface area contributed by atoms with Crippen molar-refractivity contribution in [1.29, 1.82) is 0 Å². The molecule has 1 atom stereocenters. The molecule has 1 aromatic heterocycles. The fourth-order valence-electron chi connectivity index (χ4n) is 0.658. The second-order valence-corrected chi connectivity index (χ2v) is 3.74. The SMILES string of the molecule is CC(Br)C(=O)On1c(O)ccc1O. The molecule has 0 saturated heterocycles. The van der Waals surface area contributed by atoms with Gasteiger partial charge in [-0.2, -0.15) is 0 Å². The number of carbonyl (C=O) groups excluding carboxylic acids is 1. The van der Waals surface area contributed by atoms with E-state index in [9.17, 15) is 4.79 Å². The van der Waals surface area contributed by atoms with Crippen molar-refractivity contribution >= 4 is 21.9 Å². The van der Waals surface area contributed by atoms with E-state index < -0.39 is 10.8 Å². The molecular weight excluding hydrogens is 242 g/mol. The van der Waals surface area contributed by atoms with E-state index in [1.54, 1.807) is 6.92 Å². The Morgan fingerprint density at radius 3 is 2.38 bits per heavy atom. The highest BCUT2D eigenvalue weighted by Crippen LogP contribution is 2.19. The Morgan fingerprint density at radius 2 is 2.00 bits per heavy atom. The van der Waals surface area contributed by atoms with Gasteiger partial charge in [-0.25, -0.2) is 4.79 Å². The van der Waals surface area contributed by atoms with Gasteiger partial charge >= 0.3 is 5.97 Å². The molecule has 0 aliphatic heterocycles. The largest absolute Gasteiger partial charge is 0.492 e. The Labute approximate surface area is 82.6 Å². The standard InChI is InChI=1S/C7H8BrNO4/c1-4(8)7(12)13-9-5(10)2-3-6(9)11/h2-4,10-11H,1H3. The lowest BCUT2D eigenvalue weighted by Gasteiger charge is -2.07. The molecule has 6 heteroatoms. The molecule has 0 bridgehead atoms. The van der Waals surface area contributed by atoms with Crippen LogP contribution in [0.1, 0.15) is 6.92 Å². The third-order valence-corrected chi connectivity index (χ3v) is 1.68. The lowest BCUT2D eigenvalue weighted by atomic mass is 10.5. The van der Waals surface area contributed by atoms with E-state index in [0.717, 1.165) is 0 Å². The molecule has 2 N–H and O–H groups in total. The van der Waals surface area contributed by atoms with Crippen molar-refractivity contribution in [2.75, 3.05) is 0 Å². The third-order valence-electron chi connectivity index (χ3n) is 1.30. The van der Waals surface area contributed by atoms with Crippen LogP contribution in [0.25, 0.3) is 0 Å². The molecular formula is C7H8BrNO4. The fourth-order valence-corrected chi connectivity index (χ4v) is 0.742. The average molecular weight is 250 g/mol. The quantitative estimate of drug-likeness (QED) is 0.755. The number of hydrogen-bond acceptors (Lipinski definition) is 4. The van der Waals surface area contributed by atoms with Crippen LogP contribution in [0.15, 0.2) is 12.1 Å². The predicted molar refractivity (Wildman–Crippen MR) is 47.7 cm³/mol. The van der Waals surface area contributed by atoms with Gasteiger partial charge in [0.2, 0.25) is 11.8 Å². The van der Waals surface area contributed by atoms with E-state index in [1.807, 2.05) is 0 Å². The molecule has 0 amide bonds. The zero-order chi connectivity index (χ0) is 10.0. The molecule has 1 heterocycles. The van der Waals surface area contributed by atoms with E-state index in [1.165, 1.54) is 12.1 Å². The molecule has 0 saturated carbocycles. The predicted octanol–water partition coefficient (Wildman–Crippen LogP) is 0.638. The van der Waals surface area contributed by atoms with Gasteiger partial charge in [0.15, 0.2) is 0 Å². The molecule has 0 aromatic carbocycles. The molecule has 72 valence electrons. The van der Waals surface area contributed by atoms with Crippen LogP contribution in [0.2, 0.25) is 0 Å². The van der Waals surface area contributed by atoms with Gasteiger partial charge < -0.3 is 15.1 Å². The normalized spacial score (nSPS) is 12.5. The summed E-state index contributed by atoms with van der Waals surface area (Å²) in [5, 5.41) is 18.1. The number of halogens is 1. The summed E-state index contributed by atoms with van der Waals surface area (Å²) in [6.45, 7) is 1.57. The summed E-state index contributed by atoms with van der Waals surface area (Å²) in [4.78, 5) is 15.1. The first kappa shape index (κ1) is 9.91. The summed E-state index contributed by atoms with van der Waals surface area (Å²) in [6.07, 6.45) is 0. The van der Waals surface area contributed by atoms with Gasteiger partial charge in [-0.1, -0.05) is 15.9 Å². The van der Waals surface area contributed by atoms with Crippen LogP contribution in [-0.4, -0.2) is 25.7 Å². The second kappa shape index (κ2) is 3.69. The highest BCUT2D eigenvalue weighted by molar-refractivity contribution is 9.10. The second-order valence-electron chi connectivity index (χ2n) is 2.37. The van der Waals surface area contributed by atoms with Gasteiger partial charge in [-0.15, -0.1) is 4.73 Å². The number of carbonyl (C=O) groups is 1. The third kappa shape index (κ3) is 2.15. The van der Waals surface area contributed by atoms with Crippen molar-refractivity contribution < 1.29 is 19.8 Å². The number of aromatic hydroxyl groups is 2. The van der Waals surface area contributed by atoms with Crippen LogP contribution in [0.3, 0.4) is 0 Å². The zero-order valence-electron chi connectivity index (χ0n) is 6.77. The maximum atomic E-state index is 11.0. The minimum Gasteiger partial charge on any atom is -0.492 e. The first-order valence-corrected chi connectivity index (χ1v) is 4.40. The molecule has 0 fully saturated rings. The van der Waals surface area contributed by atoms with Crippen LogP contribution in [0.4, 0.5) is 0 Å². The maximum absolute atomic E-state index is 11.0. The molecule has 1 rings (SSSR count). The van der Waals surface area contributed by atoms with Crippen LogP contribution in [-0.2, 0) is 4.79 Å². The number of nitrogens with zero attached hydrogens (tertiary/aromatic N) is 1. The first-order valence-electron chi connectivity index (χ1n) is 3.48. The lowest BCUT2D eigenvalue weighted by Crippen LogP contribution is -2.24. The summed E-state index contributed by atoms with van der Waals surface area (Å²) in [6, 6.07) is 2.42. The summed E-state index contributed by atoms with van der Waals surface area (Å²) in [5.74, 6) is -1.28. The molecule has 0 radical (unpaired) electrons. The van der Waals surface area contributed by atoms with Crippen molar-refractivity contribution in [2.24, 2.45) is 0 Å². The Bertz CT molecular complexity index is 301. The van der Waals surface area contributed by atoms with Crippen molar-refractivity contribution in [3.05, 3.63) is 12.1 Å². The summed E-state index contributed by atoms with van der Waals surface area (Å²) < 4.78 is 0.639. The molecule has 1 aromatic rings. The molecule has 0 aliphatic carbocycles. The van der Waals surface area contributed by atoms with E-state index in [-0.39, 0.29) is 11.8 Å². The van der Waals surface area contributed by atoms with Gasteiger partial charge in [0, 0.05) is 12.1 Å². The van der Waals surface area contributed by atoms with Crippen molar-refractivity contribution in [3.63, 3.8) is 0 Å². The monoisotopic (exact) mass is 249 g/mol. The van der Waals surface area contributed by atoms with Crippen LogP contribution >= 0.6 is 15.9 Å². The maximum Gasteiger partial charge on any atom is 0.346 e. The van der Waals surface area contributed by atoms with Gasteiger partial charge in [0.1, 0.15) is 4.83 Å². The minimum atomic E-state index is -0.609. The summed E-state index contributed by atoms with van der Waals surface area (Å²) in [5.41, 5.74) is 0. The average Bonchev–Trinajstić information content (AvgIpc) is 2.35. The van der Waals surface area contributed by atoms with Gasteiger partial charge in [0.25, 0.3) is 0 Å². The molecule has 0 spiro atoms. The van der Waals surface area contributed by atoms with E-state index >= 15 is 0 Å². The van der Waals surface area contributed by atoms with Crippen LogP contribution in [0.5, 0.6) is 11.8 Å². The van der Waals surface area contributed by atoms with Gasteiger partial charge in [-0.05, 0) is 6.92 Å². The highest BCUT2D eigenvalue weighted by Gasteiger charge is 2.15. The highest BCUT2D eigenvalue weighted by atomic mass is 79.9. The summed E-state index contributed by atoms with van der Waals surface area (Å²) in [7, 11) is 0. The lowest BCUT2D eigenvalue weighted by molar-refractivity contribution is -0.144. The molecule has 5 nitrogen and oxygen atoms in total. The van der Waals surface area contributed by atoms with Crippen molar-refractivity contribution in [2.45, 2.75) is 11.8 Å². The minimum absolute atomic E-state index is 0.334. The van der Waals surface area contributed by atoms with E-state index in [2.05, 4.69) is 20.8 Å². The smallest absolute Gasteiger partial charge is 0.346 e. The number of aromatic nitrogens is 1. The van der Waals surface area contributed by atoms with Crippen LogP contribution in [0, 0.1) is 0 Å². The Balaban J connectivity index is 2.79. The van der Waals surface area contributed by atoms with Crippen molar-refractivity contribution in [3.8, 4) is 11.8 Å². The molecule has 0 aliphatic rings.